The van der Waals surface area contributed by atoms with E-state index in [2.05, 4.69) is 0 Å². The summed E-state index contributed by atoms with van der Waals surface area (Å²) >= 11 is 2.54. The lowest BCUT2D eigenvalue weighted by Crippen LogP contribution is -2.28. The Morgan fingerprint density at radius 1 is 1.05 bits per heavy atom. The van der Waals surface area contributed by atoms with Crippen LogP contribution in [0.3, 0.4) is 0 Å². The van der Waals surface area contributed by atoms with Crippen molar-refractivity contribution in [2.45, 2.75) is 0 Å². The molecule has 5 heteroatoms. The van der Waals surface area contributed by atoms with E-state index in [1.807, 2.05) is 60.0 Å². The first-order valence-corrected chi connectivity index (χ1v) is 8.44. The highest BCUT2D eigenvalue weighted by molar-refractivity contribution is 8.18. The van der Waals surface area contributed by atoms with Crippen LogP contribution in [0, 0.1) is 0 Å². The molecule has 1 aromatic carbocycles. The first kappa shape index (κ1) is 14.8. The van der Waals surface area contributed by atoms with Crippen LogP contribution in [-0.4, -0.2) is 22.6 Å². The number of hydrogen-bond donors (Lipinski definition) is 0. The van der Waals surface area contributed by atoms with Crippen molar-refractivity contribution >= 4 is 46.4 Å². The molecule has 2 heterocycles. The summed E-state index contributed by atoms with van der Waals surface area (Å²) in [4.78, 5) is 27.0. The van der Waals surface area contributed by atoms with E-state index in [4.69, 9.17) is 0 Å². The maximum absolute atomic E-state index is 12.3. The molecule has 0 N–H and O–H groups in total. The van der Waals surface area contributed by atoms with Gasteiger partial charge < -0.3 is 0 Å². The first-order chi connectivity index (χ1) is 10.7. The molecule has 1 aromatic heterocycles. The van der Waals surface area contributed by atoms with Gasteiger partial charge in [-0.2, -0.15) is 0 Å². The van der Waals surface area contributed by atoms with Crippen molar-refractivity contribution < 1.29 is 9.59 Å². The van der Waals surface area contributed by atoms with Gasteiger partial charge in [-0.05, 0) is 34.8 Å². The monoisotopic (exact) mass is 327 g/mol. The molecule has 1 aliphatic heterocycles. The minimum Gasteiger partial charge on any atom is -0.268 e. The number of thiophene rings is 1. The summed E-state index contributed by atoms with van der Waals surface area (Å²) in [6.45, 7) is 0.293. The maximum Gasteiger partial charge on any atom is 0.293 e. The number of rotatable bonds is 4. The van der Waals surface area contributed by atoms with Gasteiger partial charge in [0.15, 0.2) is 0 Å². The molecule has 22 heavy (non-hydrogen) atoms. The van der Waals surface area contributed by atoms with Crippen LogP contribution in [0.15, 0.2) is 58.8 Å². The molecular weight excluding hydrogens is 314 g/mol. The van der Waals surface area contributed by atoms with Crippen molar-refractivity contribution in [3.63, 3.8) is 0 Å². The van der Waals surface area contributed by atoms with Crippen LogP contribution in [0.4, 0.5) is 4.79 Å². The topological polar surface area (TPSA) is 37.4 Å². The van der Waals surface area contributed by atoms with E-state index >= 15 is 0 Å². The molecule has 0 atom stereocenters. The predicted molar refractivity (Wildman–Crippen MR) is 92.5 cm³/mol. The van der Waals surface area contributed by atoms with Gasteiger partial charge in [-0.15, -0.1) is 11.3 Å². The van der Waals surface area contributed by atoms with Crippen LogP contribution in [0.5, 0.6) is 0 Å². The standard InChI is InChI=1S/C17H13NO2S2/c19-16-15(12-14-9-5-11-21-14)22-17(20)18(16)10-4-8-13-6-2-1-3-7-13/h1-9,11-12H,10H2/b8-4+,15-12-. The van der Waals surface area contributed by atoms with E-state index in [9.17, 15) is 9.59 Å². The van der Waals surface area contributed by atoms with Gasteiger partial charge in [0.1, 0.15) is 0 Å². The van der Waals surface area contributed by atoms with Crippen LogP contribution in [-0.2, 0) is 4.79 Å². The van der Waals surface area contributed by atoms with Crippen LogP contribution in [0.1, 0.15) is 10.4 Å². The molecule has 1 aliphatic rings. The zero-order chi connectivity index (χ0) is 15.4. The van der Waals surface area contributed by atoms with Crippen LogP contribution < -0.4 is 0 Å². The third-order valence-corrected chi connectivity index (χ3v) is 4.81. The number of imide groups is 1. The van der Waals surface area contributed by atoms with E-state index in [0.717, 1.165) is 22.2 Å². The number of benzene rings is 1. The van der Waals surface area contributed by atoms with Crippen molar-refractivity contribution in [2.75, 3.05) is 6.54 Å². The Balaban J connectivity index is 1.69. The zero-order valence-corrected chi connectivity index (χ0v) is 13.3. The summed E-state index contributed by atoms with van der Waals surface area (Å²) in [6.07, 6.45) is 5.52. The molecule has 1 saturated heterocycles. The Hall–Kier alpha value is -2.11. The van der Waals surface area contributed by atoms with Gasteiger partial charge in [-0.1, -0.05) is 48.6 Å². The summed E-state index contributed by atoms with van der Waals surface area (Å²) in [7, 11) is 0. The van der Waals surface area contributed by atoms with Crippen LogP contribution >= 0.6 is 23.1 Å². The van der Waals surface area contributed by atoms with E-state index in [1.165, 1.54) is 4.90 Å². The molecule has 2 aromatic rings. The van der Waals surface area contributed by atoms with Gasteiger partial charge in [-0.3, -0.25) is 14.5 Å². The predicted octanol–water partition coefficient (Wildman–Crippen LogP) is 4.50. The smallest absolute Gasteiger partial charge is 0.268 e. The molecule has 0 unspecified atom stereocenters. The number of carbonyl (C=O) groups excluding carboxylic acids is 2. The van der Waals surface area contributed by atoms with Gasteiger partial charge in [0, 0.05) is 11.4 Å². The van der Waals surface area contributed by atoms with Crippen molar-refractivity contribution in [1.82, 2.24) is 4.90 Å². The van der Waals surface area contributed by atoms with Crippen molar-refractivity contribution in [2.24, 2.45) is 0 Å². The molecule has 0 aliphatic carbocycles. The number of hydrogen-bond acceptors (Lipinski definition) is 4. The Morgan fingerprint density at radius 2 is 1.86 bits per heavy atom. The average Bonchev–Trinajstić information content (AvgIpc) is 3.12. The Morgan fingerprint density at radius 3 is 2.59 bits per heavy atom. The molecule has 0 bridgehead atoms. The molecule has 1 fully saturated rings. The van der Waals surface area contributed by atoms with E-state index < -0.39 is 0 Å². The second-order valence-electron chi connectivity index (χ2n) is 4.62. The molecular formula is C17H13NO2S2. The fourth-order valence-corrected chi connectivity index (χ4v) is 3.59. The van der Waals surface area contributed by atoms with Crippen LogP contribution in [0.25, 0.3) is 12.2 Å². The molecule has 3 rings (SSSR count). The molecule has 0 saturated carbocycles. The van der Waals surface area contributed by atoms with Gasteiger partial charge in [0.05, 0.1) is 4.91 Å². The molecule has 0 spiro atoms. The Bertz CT molecular complexity index is 733. The number of thioether (sulfide) groups is 1. The highest BCUT2D eigenvalue weighted by Gasteiger charge is 2.34. The van der Waals surface area contributed by atoms with Gasteiger partial charge in [0.25, 0.3) is 11.1 Å². The normalized spacial score (nSPS) is 17.1. The fourth-order valence-electron chi connectivity index (χ4n) is 2.02. The minimum atomic E-state index is -0.221. The lowest BCUT2D eigenvalue weighted by atomic mass is 10.2. The SMILES string of the molecule is O=C1S/C(=C\c2cccs2)C(=O)N1C/C=C/c1ccccc1. The molecule has 2 amide bonds. The van der Waals surface area contributed by atoms with Crippen molar-refractivity contribution in [1.29, 1.82) is 0 Å². The number of nitrogens with zero attached hydrogens (tertiary/aromatic N) is 1. The van der Waals surface area contributed by atoms with E-state index in [1.54, 1.807) is 17.4 Å². The second-order valence-corrected chi connectivity index (χ2v) is 6.59. The van der Waals surface area contributed by atoms with Crippen molar-refractivity contribution in [3.05, 3.63) is 69.3 Å². The zero-order valence-electron chi connectivity index (χ0n) is 11.6. The third-order valence-electron chi connectivity index (χ3n) is 3.09. The average molecular weight is 327 g/mol. The minimum absolute atomic E-state index is 0.217. The van der Waals surface area contributed by atoms with E-state index in [0.29, 0.717) is 11.4 Å². The summed E-state index contributed by atoms with van der Waals surface area (Å²) in [5.41, 5.74) is 1.04. The second kappa shape index (κ2) is 6.77. The van der Waals surface area contributed by atoms with E-state index in [-0.39, 0.29) is 11.1 Å². The largest absolute Gasteiger partial charge is 0.293 e. The highest BCUT2D eigenvalue weighted by atomic mass is 32.2. The molecule has 110 valence electrons. The molecule has 0 radical (unpaired) electrons. The number of amides is 2. The maximum atomic E-state index is 12.3. The van der Waals surface area contributed by atoms with Gasteiger partial charge >= 0.3 is 0 Å². The lowest BCUT2D eigenvalue weighted by Gasteiger charge is -2.08. The van der Waals surface area contributed by atoms with Crippen molar-refractivity contribution in [3.8, 4) is 0 Å². The highest BCUT2D eigenvalue weighted by Crippen LogP contribution is 2.32. The quantitative estimate of drug-likeness (QED) is 0.776. The first-order valence-electron chi connectivity index (χ1n) is 6.74. The fraction of sp³-hybridized carbons (Fsp3) is 0.0588. The summed E-state index contributed by atoms with van der Waals surface area (Å²) < 4.78 is 0. The summed E-state index contributed by atoms with van der Waals surface area (Å²) in [5.74, 6) is -0.221. The third kappa shape index (κ3) is 3.37. The number of carbonyl (C=O) groups is 2. The van der Waals surface area contributed by atoms with Gasteiger partial charge in [0.2, 0.25) is 0 Å². The van der Waals surface area contributed by atoms with Crippen LogP contribution in [0.2, 0.25) is 0 Å². The van der Waals surface area contributed by atoms with Gasteiger partial charge in [-0.25, -0.2) is 0 Å². The summed E-state index contributed by atoms with van der Waals surface area (Å²) in [5, 5.41) is 1.73. The Kier molecular flexibility index (Phi) is 4.56. The summed E-state index contributed by atoms with van der Waals surface area (Å²) in [6, 6.07) is 13.6. The lowest BCUT2D eigenvalue weighted by molar-refractivity contribution is -0.122. The molecule has 3 nitrogen and oxygen atoms in total. The Labute approximate surface area is 137 Å².